The van der Waals surface area contributed by atoms with Gasteiger partial charge in [0, 0.05) is 4.91 Å². The minimum Gasteiger partial charge on any atom is -0.467 e. The quantitative estimate of drug-likeness (QED) is 0.209. The van der Waals surface area contributed by atoms with Crippen LogP contribution in [0, 0.1) is 0 Å². The molecule has 0 aliphatic rings. The summed E-state index contributed by atoms with van der Waals surface area (Å²) in [6.45, 7) is 4.63. The predicted octanol–water partition coefficient (Wildman–Crippen LogP) is 1.49. The van der Waals surface area contributed by atoms with Crippen LogP contribution in [0.5, 0.6) is 0 Å². The molecule has 0 aromatic rings. The average Bonchev–Trinajstić information content (AvgIpc) is 2.45. The Morgan fingerprint density at radius 2 is 1.88 bits per heavy atom. The maximum absolute atomic E-state index is 11.8. The van der Waals surface area contributed by atoms with Crippen molar-refractivity contribution in [3.8, 4) is 0 Å². The second-order valence-corrected chi connectivity index (χ2v) is 7.79. The molecule has 144 valence electrons. The van der Waals surface area contributed by atoms with Crippen molar-refractivity contribution in [1.82, 2.24) is 5.32 Å². The summed E-state index contributed by atoms with van der Waals surface area (Å²) in [5.74, 6) is -0.713. The first-order valence-electron chi connectivity index (χ1n) is 7.34. The number of hydrogen-bond donors (Lipinski definition) is 1. The van der Waals surface area contributed by atoms with Gasteiger partial charge in [0.2, 0.25) is 0 Å². The Balaban J connectivity index is 4.86. The van der Waals surface area contributed by atoms with Crippen molar-refractivity contribution >= 4 is 22.2 Å². The number of nitrogens with zero attached hydrogens (tertiary/aromatic N) is 3. The van der Waals surface area contributed by atoms with Crippen LogP contribution in [0.15, 0.2) is 5.11 Å². The Labute approximate surface area is 146 Å². The predicted molar refractivity (Wildman–Crippen MR) is 88.1 cm³/mol. The van der Waals surface area contributed by atoms with Gasteiger partial charge in [0.25, 0.3) is 10.1 Å². The van der Waals surface area contributed by atoms with Crippen LogP contribution in [0.1, 0.15) is 33.6 Å². The van der Waals surface area contributed by atoms with E-state index in [4.69, 9.17) is 10.3 Å². The Hall–Kier alpha value is -2.04. The van der Waals surface area contributed by atoms with Gasteiger partial charge in [0.15, 0.2) is 0 Å². The fourth-order valence-electron chi connectivity index (χ4n) is 1.65. The van der Waals surface area contributed by atoms with Crippen LogP contribution in [0.25, 0.3) is 10.4 Å². The second-order valence-electron chi connectivity index (χ2n) is 6.15. The number of ether oxygens (including phenoxy) is 2. The van der Waals surface area contributed by atoms with Crippen molar-refractivity contribution < 1.29 is 31.7 Å². The maximum Gasteiger partial charge on any atom is 0.408 e. The SMILES string of the molecule is COC(=O)[C@H](CC[C@H](COS(C)(=O)=O)N=[N+]=[N-])NC(=O)OC(C)(C)C. The van der Waals surface area contributed by atoms with E-state index in [0.717, 1.165) is 13.4 Å². The summed E-state index contributed by atoms with van der Waals surface area (Å²) in [5.41, 5.74) is 7.78. The fourth-order valence-corrected chi connectivity index (χ4v) is 2.05. The van der Waals surface area contributed by atoms with Crippen LogP contribution < -0.4 is 5.32 Å². The van der Waals surface area contributed by atoms with Crippen LogP contribution in [-0.2, 0) is 28.6 Å². The highest BCUT2D eigenvalue weighted by Gasteiger charge is 2.26. The molecule has 0 heterocycles. The topological polar surface area (TPSA) is 157 Å². The number of alkyl carbamates (subject to hydrolysis) is 1. The highest BCUT2D eigenvalue weighted by Crippen LogP contribution is 2.11. The summed E-state index contributed by atoms with van der Waals surface area (Å²) in [4.78, 5) is 26.2. The molecule has 0 aliphatic carbocycles. The van der Waals surface area contributed by atoms with Crippen LogP contribution in [0.2, 0.25) is 0 Å². The summed E-state index contributed by atoms with van der Waals surface area (Å²) in [7, 11) is -2.54. The van der Waals surface area contributed by atoms with E-state index in [9.17, 15) is 18.0 Å². The lowest BCUT2D eigenvalue weighted by atomic mass is 10.1. The largest absolute Gasteiger partial charge is 0.467 e. The van der Waals surface area contributed by atoms with E-state index in [1.165, 1.54) is 0 Å². The number of esters is 1. The summed E-state index contributed by atoms with van der Waals surface area (Å²) in [6.07, 6.45) is 0.162. The normalized spacial score (nSPS) is 14.0. The molecule has 0 aromatic carbocycles. The number of amides is 1. The van der Waals surface area contributed by atoms with Crippen molar-refractivity contribution in [2.75, 3.05) is 20.0 Å². The van der Waals surface area contributed by atoms with Crippen molar-refractivity contribution in [2.45, 2.75) is 51.3 Å². The molecule has 12 heteroatoms. The van der Waals surface area contributed by atoms with Crippen LogP contribution in [0.3, 0.4) is 0 Å². The molecule has 0 radical (unpaired) electrons. The molecular formula is C13H24N4O7S. The van der Waals surface area contributed by atoms with E-state index < -0.39 is 39.9 Å². The van der Waals surface area contributed by atoms with Gasteiger partial charge in [-0.25, -0.2) is 9.59 Å². The van der Waals surface area contributed by atoms with Gasteiger partial charge in [-0.3, -0.25) is 4.18 Å². The van der Waals surface area contributed by atoms with Gasteiger partial charge in [0.1, 0.15) is 11.6 Å². The van der Waals surface area contributed by atoms with Crippen LogP contribution in [0.4, 0.5) is 4.79 Å². The van der Waals surface area contributed by atoms with E-state index in [2.05, 4.69) is 24.3 Å². The van der Waals surface area contributed by atoms with Gasteiger partial charge in [-0.1, -0.05) is 5.11 Å². The van der Waals surface area contributed by atoms with E-state index in [1.807, 2.05) is 0 Å². The number of carbonyl (C=O) groups is 2. The van der Waals surface area contributed by atoms with Gasteiger partial charge in [-0.2, -0.15) is 8.42 Å². The lowest BCUT2D eigenvalue weighted by Gasteiger charge is -2.23. The zero-order valence-electron chi connectivity index (χ0n) is 14.9. The first-order chi connectivity index (χ1) is 11.4. The third-order valence-electron chi connectivity index (χ3n) is 2.65. The molecule has 0 saturated heterocycles. The molecule has 0 spiro atoms. The molecule has 0 rings (SSSR count). The third-order valence-corrected chi connectivity index (χ3v) is 3.22. The lowest BCUT2D eigenvalue weighted by molar-refractivity contribution is -0.143. The number of nitrogens with one attached hydrogen (secondary N) is 1. The van der Waals surface area contributed by atoms with E-state index in [1.54, 1.807) is 20.8 Å². The molecule has 1 amide bonds. The highest BCUT2D eigenvalue weighted by atomic mass is 32.2. The van der Waals surface area contributed by atoms with Crippen molar-refractivity contribution in [2.24, 2.45) is 5.11 Å². The molecule has 0 aliphatic heterocycles. The average molecular weight is 380 g/mol. The molecule has 25 heavy (non-hydrogen) atoms. The Morgan fingerprint density at radius 1 is 1.28 bits per heavy atom. The Morgan fingerprint density at radius 3 is 2.32 bits per heavy atom. The third kappa shape index (κ3) is 12.0. The smallest absolute Gasteiger partial charge is 0.408 e. The summed E-state index contributed by atoms with van der Waals surface area (Å²) >= 11 is 0. The number of azide groups is 1. The molecule has 0 bridgehead atoms. The Kier molecular flexibility index (Phi) is 9.24. The van der Waals surface area contributed by atoms with Crippen molar-refractivity contribution in [3.05, 3.63) is 10.4 Å². The molecular weight excluding hydrogens is 356 g/mol. The van der Waals surface area contributed by atoms with Crippen LogP contribution >= 0.6 is 0 Å². The second kappa shape index (κ2) is 10.1. The number of hydrogen-bond acceptors (Lipinski definition) is 8. The first kappa shape index (κ1) is 23.0. The minimum atomic E-state index is -3.70. The number of carbonyl (C=O) groups excluding carboxylic acids is 2. The van der Waals surface area contributed by atoms with E-state index in [0.29, 0.717) is 0 Å². The number of methoxy groups -OCH3 is 1. The fraction of sp³-hybridized carbons (Fsp3) is 0.846. The molecule has 0 unspecified atom stereocenters. The van der Waals surface area contributed by atoms with Crippen molar-refractivity contribution in [1.29, 1.82) is 0 Å². The lowest BCUT2D eigenvalue weighted by Crippen LogP contribution is -2.44. The highest BCUT2D eigenvalue weighted by molar-refractivity contribution is 7.85. The monoisotopic (exact) mass is 380 g/mol. The van der Waals surface area contributed by atoms with Gasteiger partial charge < -0.3 is 14.8 Å². The zero-order chi connectivity index (χ0) is 19.7. The standard InChI is InChI=1S/C13H24N4O7S/c1-13(2,3)24-12(19)15-10(11(18)22-4)7-6-9(16-17-14)8-23-25(5,20)21/h9-10H,6-8H2,1-5H3,(H,15,19)/t9-,10+/m1/s1. The van der Waals surface area contributed by atoms with Crippen molar-refractivity contribution in [3.63, 3.8) is 0 Å². The number of rotatable bonds is 9. The summed E-state index contributed by atoms with van der Waals surface area (Å²) < 4.78 is 36.3. The first-order valence-corrected chi connectivity index (χ1v) is 9.15. The zero-order valence-corrected chi connectivity index (χ0v) is 15.7. The summed E-state index contributed by atoms with van der Waals surface area (Å²) in [5, 5.41) is 5.78. The van der Waals surface area contributed by atoms with Gasteiger partial charge in [0.05, 0.1) is 26.0 Å². The van der Waals surface area contributed by atoms with Gasteiger partial charge in [-0.15, -0.1) is 0 Å². The van der Waals surface area contributed by atoms with Crippen LogP contribution in [-0.4, -0.2) is 58.1 Å². The van der Waals surface area contributed by atoms with Gasteiger partial charge in [-0.05, 0) is 39.1 Å². The molecule has 2 atom stereocenters. The molecule has 11 nitrogen and oxygen atoms in total. The molecule has 0 fully saturated rings. The summed E-state index contributed by atoms with van der Waals surface area (Å²) in [6, 6.07) is -1.89. The van der Waals surface area contributed by atoms with E-state index in [-0.39, 0.29) is 19.4 Å². The molecule has 0 saturated carbocycles. The maximum atomic E-state index is 11.8. The van der Waals surface area contributed by atoms with E-state index >= 15 is 0 Å². The minimum absolute atomic E-state index is 0.0305. The Bertz CT molecular complexity index is 608. The molecule has 0 aromatic heterocycles. The molecule has 1 N–H and O–H groups in total. The van der Waals surface area contributed by atoms with Gasteiger partial charge >= 0.3 is 12.1 Å².